The summed E-state index contributed by atoms with van der Waals surface area (Å²) in [5.74, 6) is -0.0277. The molecule has 1 aromatic carbocycles. The van der Waals surface area contributed by atoms with Crippen LogP contribution in [0.15, 0.2) is 35.3 Å². The van der Waals surface area contributed by atoms with Gasteiger partial charge in [-0.1, -0.05) is 29.5 Å². The third-order valence-corrected chi connectivity index (χ3v) is 4.68. The van der Waals surface area contributed by atoms with E-state index in [1.165, 1.54) is 11.3 Å². The van der Waals surface area contributed by atoms with Gasteiger partial charge < -0.3 is 16.4 Å². The molecule has 2 heterocycles. The van der Waals surface area contributed by atoms with Crippen molar-refractivity contribution in [3.63, 3.8) is 0 Å². The molecular formula is C14H15ClN6OS. The minimum atomic E-state index is -0.264. The molecule has 0 radical (unpaired) electrons. The number of aromatic nitrogens is 1. The fourth-order valence-corrected chi connectivity index (χ4v) is 3.53. The minimum Gasteiger partial charge on any atom is -0.370 e. The maximum atomic E-state index is 12.5. The van der Waals surface area contributed by atoms with E-state index in [-0.39, 0.29) is 12.0 Å². The zero-order valence-electron chi connectivity index (χ0n) is 12.1. The molecule has 23 heavy (non-hydrogen) atoms. The van der Waals surface area contributed by atoms with Crippen molar-refractivity contribution in [1.82, 2.24) is 9.88 Å². The van der Waals surface area contributed by atoms with Crippen molar-refractivity contribution in [1.29, 1.82) is 0 Å². The van der Waals surface area contributed by atoms with Crippen LogP contribution in [0, 0.1) is 0 Å². The summed E-state index contributed by atoms with van der Waals surface area (Å²) in [5, 5.41) is 0.509. The lowest BCUT2D eigenvalue weighted by Crippen LogP contribution is -2.41. The van der Waals surface area contributed by atoms with Crippen LogP contribution in [0.2, 0.25) is 0 Å². The van der Waals surface area contributed by atoms with Crippen molar-refractivity contribution < 1.29 is 4.79 Å². The van der Waals surface area contributed by atoms with E-state index in [1.807, 2.05) is 18.2 Å². The summed E-state index contributed by atoms with van der Waals surface area (Å²) in [6.07, 6.45) is 0.650. The Kier molecular flexibility index (Phi) is 4.35. The third kappa shape index (κ3) is 3.38. The van der Waals surface area contributed by atoms with Crippen LogP contribution in [0.4, 0.5) is 15.6 Å². The van der Waals surface area contributed by atoms with Crippen LogP contribution in [-0.2, 0) is 13.0 Å². The fourth-order valence-electron chi connectivity index (χ4n) is 2.30. The quantitative estimate of drug-likeness (QED) is 0.492. The van der Waals surface area contributed by atoms with Crippen molar-refractivity contribution >= 4 is 45.9 Å². The van der Waals surface area contributed by atoms with E-state index in [1.54, 1.807) is 17.0 Å². The molecule has 9 heteroatoms. The Bertz CT molecular complexity index is 743. The third-order valence-electron chi connectivity index (χ3n) is 3.37. The Morgan fingerprint density at radius 2 is 2.09 bits per heavy atom. The zero-order chi connectivity index (χ0) is 16.4. The van der Waals surface area contributed by atoms with Gasteiger partial charge in [0, 0.05) is 29.6 Å². The van der Waals surface area contributed by atoms with E-state index >= 15 is 0 Å². The smallest absolute Gasteiger partial charge is 0.339 e. The Labute approximate surface area is 142 Å². The van der Waals surface area contributed by atoms with Gasteiger partial charge in [-0.2, -0.15) is 4.99 Å². The molecule has 0 unspecified atom stereocenters. The monoisotopic (exact) mass is 350 g/mol. The number of nitrogens with two attached hydrogens (primary N) is 2. The molecule has 2 aromatic rings. The molecular weight excluding hydrogens is 336 g/mol. The summed E-state index contributed by atoms with van der Waals surface area (Å²) >= 11 is 7.54. The number of thiazole rings is 1. The first-order valence-electron chi connectivity index (χ1n) is 6.92. The predicted molar refractivity (Wildman–Crippen MR) is 91.9 cm³/mol. The Morgan fingerprint density at radius 1 is 1.35 bits per heavy atom. The highest BCUT2D eigenvalue weighted by Crippen LogP contribution is 2.31. The highest BCUT2D eigenvalue weighted by Gasteiger charge is 2.27. The van der Waals surface area contributed by atoms with Gasteiger partial charge in [0.05, 0.1) is 17.9 Å². The largest absolute Gasteiger partial charge is 0.370 e. The standard InChI is InChI=1S/C14H15ClN6OS/c15-21(9-4-2-1-3-5-9)14(22)20-7-6-10-11(8-20)23-13(18-10)19-12(16)17/h1-5H,6-8H2,(H4,16,17,18,19). The summed E-state index contributed by atoms with van der Waals surface area (Å²) in [5.41, 5.74) is 12.3. The first-order valence-corrected chi connectivity index (χ1v) is 8.08. The highest BCUT2D eigenvalue weighted by atomic mass is 35.5. The van der Waals surface area contributed by atoms with Crippen LogP contribution in [-0.4, -0.2) is 28.4 Å². The SMILES string of the molecule is NC(N)=Nc1nc2c(s1)CN(C(=O)N(Cl)c1ccccc1)CC2. The van der Waals surface area contributed by atoms with Gasteiger partial charge in [-0.05, 0) is 12.1 Å². The van der Waals surface area contributed by atoms with Gasteiger partial charge in [0.2, 0.25) is 5.13 Å². The van der Waals surface area contributed by atoms with Gasteiger partial charge in [0.15, 0.2) is 5.96 Å². The number of para-hydroxylation sites is 1. The van der Waals surface area contributed by atoms with Crippen LogP contribution >= 0.6 is 23.1 Å². The normalized spacial score (nSPS) is 13.3. The number of rotatable bonds is 2. The molecule has 2 amide bonds. The van der Waals surface area contributed by atoms with E-state index in [2.05, 4.69) is 9.98 Å². The highest BCUT2D eigenvalue weighted by molar-refractivity contribution is 7.15. The molecule has 1 aliphatic heterocycles. The fraction of sp³-hybridized carbons (Fsp3) is 0.214. The Balaban J connectivity index is 1.75. The van der Waals surface area contributed by atoms with Gasteiger partial charge in [-0.15, -0.1) is 0 Å². The van der Waals surface area contributed by atoms with Crippen LogP contribution in [0.25, 0.3) is 0 Å². The van der Waals surface area contributed by atoms with Crippen molar-refractivity contribution in [2.45, 2.75) is 13.0 Å². The second-order valence-corrected chi connectivity index (χ2v) is 6.37. The molecule has 3 rings (SSSR count). The number of carbonyl (C=O) groups is 1. The molecule has 0 saturated carbocycles. The summed E-state index contributed by atoms with van der Waals surface area (Å²) in [6.45, 7) is 0.995. The van der Waals surface area contributed by atoms with Crippen LogP contribution < -0.4 is 15.9 Å². The number of hydrogen-bond acceptors (Lipinski definition) is 4. The maximum Gasteiger partial charge on any atom is 0.339 e. The molecule has 0 aliphatic carbocycles. The van der Waals surface area contributed by atoms with E-state index < -0.39 is 0 Å². The summed E-state index contributed by atoms with van der Waals surface area (Å²) < 4.78 is 1.13. The lowest BCUT2D eigenvalue weighted by molar-refractivity contribution is 0.203. The minimum absolute atomic E-state index is 0.0277. The average molecular weight is 351 g/mol. The Morgan fingerprint density at radius 3 is 2.78 bits per heavy atom. The molecule has 0 fully saturated rings. The number of amides is 2. The number of hydrogen-bond donors (Lipinski definition) is 2. The second-order valence-electron chi connectivity index (χ2n) is 4.97. The number of urea groups is 1. The van der Waals surface area contributed by atoms with E-state index in [4.69, 9.17) is 23.2 Å². The van der Waals surface area contributed by atoms with Gasteiger partial charge in [-0.3, -0.25) is 0 Å². The average Bonchev–Trinajstić information content (AvgIpc) is 2.94. The van der Waals surface area contributed by atoms with Gasteiger partial charge in [-0.25, -0.2) is 14.2 Å². The van der Waals surface area contributed by atoms with Crippen molar-refractivity contribution in [2.75, 3.05) is 11.0 Å². The molecule has 7 nitrogen and oxygen atoms in total. The predicted octanol–water partition coefficient (Wildman–Crippen LogP) is 2.19. The van der Waals surface area contributed by atoms with Crippen LogP contribution in [0.1, 0.15) is 10.6 Å². The molecule has 4 N–H and O–H groups in total. The van der Waals surface area contributed by atoms with E-state index in [9.17, 15) is 4.79 Å². The van der Waals surface area contributed by atoms with E-state index in [0.717, 1.165) is 15.0 Å². The number of aliphatic imine (C=N–C) groups is 1. The zero-order valence-corrected chi connectivity index (χ0v) is 13.7. The first-order chi connectivity index (χ1) is 11.0. The first kappa shape index (κ1) is 15.6. The molecule has 120 valence electrons. The summed E-state index contributed by atoms with van der Waals surface area (Å²) in [6, 6.07) is 8.83. The summed E-state index contributed by atoms with van der Waals surface area (Å²) in [7, 11) is 0. The van der Waals surface area contributed by atoms with Crippen LogP contribution in [0.5, 0.6) is 0 Å². The van der Waals surface area contributed by atoms with Crippen molar-refractivity contribution in [2.24, 2.45) is 16.5 Å². The van der Waals surface area contributed by atoms with Crippen molar-refractivity contribution in [3.8, 4) is 0 Å². The van der Waals surface area contributed by atoms with Crippen LogP contribution in [0.3, 0.4) is 0 Å². The number of fused-ring (bicyclic) bond motifs is 1. The number of anilines is 1. The molecule has 0 saturated heterocycles. The summed E-state index contributed by atoms with van der Waals surface area (Å²) in [4.78, 5) is 23.5. The molecule has 0 spiro atoms. The van der Waals surface area contributed by atoms with Gasteiger partial charge >= 0.3 is 6.03 Å². The lowest BCUT2D eigenvalue weighted by Gasteiger charge is -2.28. The number of carbonyl (C=O) groups excluding carboxylic acids is 1. The molecule has 0 bridgehead atoms. The molecule has 0 atom stereocenters. The second kappa shape index (κ2) is 6.43. The number of guanidine groups is 1. The Hall–Kier alpha value is -2.32. The molecule has 1 aliphatic rings. The molecule has 1 aromatic heterocycles. The van der Waals surface area contributed by atoms with Crippen molar-refractivity contribution in [3.05, 3.63) is 40.9 Å². The van der Waals surface area contributed by atoms with Gasteiger partial charge in [0.25, 0.3) is 0 Å². The maximum absolute atomic E-state index is 12.5. The topological polar surface area (TPSA) is 101 Å². The number of benzene rings is 1. The van der Waals surface area contributed by atoms with Gasteiger partial charge in [0.1, 0.15) is 0 Å². The number of halogens is 1. The van der Waals surface area contributed by atoms with E-state index in [0.29, 0.717) is 30.3 Å². The number of nitrogens with zero attached hydrogens (tertiary/aromatic N) is 4. The lowest BCUT2D eigenvalue weighted by atomic mass is 10.2.